The largest absolute Gasteiger partial charge is 0.434 e. The van der Waals surface area contributed by atoms with Gasteiger partial charge in [-0.1, -0.05) is 5.16 Å². The van der Waals surface area contributed by atoms with Crippen LogP contribution in [0, 0.1) is 13.8 Å². The molecule has 0 aliphatic heterocycles. The minimum atomic E-state index is -4.41. The monoisotopic (exact) mass is 503 g/mol. The number of hydrogen-bond acceptors (Lipinski definition) is 5. The van der Waals surface area contributed by atoms with E-state index in [-0.39, 0.29) is 30.5 Å². The van der Waals surface area contributed by atoms with Gasteiger partial charge >= 0.3 is 6.18 Å². The maximum absolute atomic E-state index is 12.5. The number of hydrogen-bond donors (Lipinski definition) is 2. The molecule has 0 unspecified atom stereocenters. The minimum absolute atomic E-state index is 0. The van der Waals surface area contributed by atoms with E-state index in [2.05, 4.69) is 25.8 Å². The molecule has 0 aliphatic carbocycles. The molecule has 2 rings (SSSR count). The Morgan fingerprint density at radius 1 is 1.31 bits per heavy atom. The van der Waals surface area contributed by atoms with Gasteiger partial charge in [-0.2, -0.15) is 13.2 Å². The number of guanidine groups is 1. The maximum Gasteiger partial charge on any atom is 0.434 e. The number of aromatic nitrogens is 2. The summed E-state index contributed by atoms with van der Waals surface area (Å²) in [6.45, 7) is 4.63. The van der Waals surface area contributed by atoms with E-state index < -0.39 is 11.9 Å². The van der Waals surface area contributed by atoms with Crippen LogP contribution in [0.15, 0.2) is 14.9 Å². The number of nitrogens with zero attached hydrogens (tertiary/aromatic N) is 3. The lowest BCUT2D eigenvalue weighted by atomic mass is 10.1. The third-order valence-electron chi connectivity index (χ3n) is 3.55. The number of aryl methyl sites for hydroxylation is 2. The quantitative estimate of drug-likeness (QED) is 0.272. The van der Waals surface area contributed by atoms with Crippen molar-refractivity contribution in [1.29, 1.82) is 0 Å². The fourth-order valence-electron chi connectivity index (χ4n) is 2.23. The summed E-state index contributed by atoms with van der Waals surface area (Å²) in [4.78, 5) is 7.61. The standard InChI is InChI=1S/C15H20F3N5OS.HI/c1-9-11(10(2)24-23-9)5-4-6-20-14(19-3)21-7-13-22-12(8-25-13)15(16,17)18;/h8H,4-7H2,1-3H3,(H2,19,20,21);1H. The van der Waals surface area contributed by atoms with Gasteiger partial charge in [-0.15, -0.1) is 35.3 Å². The molecule has 146 valence electrons. The Morgan fingerprint density at radius 3 is 2.58 bits per heavy atom. The molecule has 26 heavy (non-hydrogen) atoms. The summed E-state index contributed by atoms with van der Waals surface area (Å²) in [5, 5.41) is 11.4. The number of nitrogens with one attached hydrogen (secondary N) is 2. The average molecular weight is 503 g/mol. The molecule has 0 fully saturated rings. The van der Waals surface area contributed by atoms with Gasteiger partial charge in [0.25, 0.3) is 0 Å². The Morgan fingerprint density at radius 2 is 2.04 bits per heavy atom. The Balaban J connectivity index is 0.00000338. The van der Waals surface area contributed by atoms with Crippen LogP contribution in [-0.2, 0) is 19.1 Å². The summed E-state index contributed by atoms with van der Waals surface area (Å²) in [7, 11) is 1.60. The molecule has 0 atom stereocenters. The lowest BCUT2D eigenvalue weighted by Crippen LogP contribution is -2.37. The van der Waals surface area contributed by atoms with E-state index in [1.807, 2.05) is 13.8 Å². The summed E-state index contributed by atoms with van der Waals surface area (Å²) >= 11 is 0.965. The highest BCUT2D eigenvalue weighted by Crippen LogP contribution is 2.29. The number of alkyl halides is 3. The summed E-state index contributed by atoms with van der Waals surface area (Å²) in [6.07, 6.45) is -2.74. The van der Waals surface area contributed by atoms with E-state index in [0.29, 0.717) is 17.5 Å². The molecule has 6 nitrogen and oxygen atoms in total. The summed E-state index contributed by atoms with van der Waals surface area (Å²) in [5.74, 6) is 1.34. The van der Waals surface area contributed by atoms with Crippen LogP contribution in [0.4, 0.5) is 13.2 Å². The van der Waals surface area contributed by atoms with Crippen LogP contribution in [0.2, 0.25) is 0 Å². The maximum atomic E-state index is 12.5. The zero-order chi connectivity index (χ0) is 18.4. The molecule has 2 N–H and O–H groups in total. The van der Waals surface area contributed by atoms with Crippen LogP contribution in [0.25, 0.3) is 0 Å². The summed E-state index contributed by atoms with van der Waals surface area (Å²) in [6, 6.07) is 0. The Bertz CT molecular complexity index is 710. The lowest BCUT2D eigenvalue weighted by molar-refractivity contribution is -0.140. The number of halogens is 4. The highest BCUT2D eigenvalue weighted by Gasteiger charge is 2.33. The molecule has 0 aliphatic rings. The van der Waals surface area contributed by atoms with Crippen molar-refractivity contribution in [2.45, 2.75) is 39.4 Å². The van der Waals surface area contributed by atoms with Crippen molar-refractivity contribution < 1.29 is 17.7 Å². The molecule has 0 saturated carbocycles. The topological polar surface area (TPSA) is 75.3 Å². The number of aliphatic imine (C=N–C) groups is 1. The van der Waals surface area contributed by atoms with Gasteiger partial charge in [-0.3, -0.25) is 4.99 Å². The van der Waals surface area contributed by atoms with Crippen molar-refractivity contribution in [2.75, 3.05) is 13.6 Å². The number of thiazole rings is 1. The van der Waals surface area contributed by atoms with Crippen molar-refractivity contribution >= 4 is 41.3 Å². The Labute approximate surface area is 170 Å². The summed E-state index contributed by atoms with van der Waals surface area (Å²) in [5.41, 5.74) is 1.13. The zero-order valence-corrected chi connectivity index (χ0v) is 17.8. The van der Waals surface area contributed by atoms with Gasteiger partial charge in [0.1, 0.15) is 10.8 Å². The molecule has 0 radical (unpaired) electrons. The third-order valence-corrected chi connectivity index (χ3v) is 4.40. The zero-order valence-electron chi connectivity index (χ0n) is 14.6. The third kappa shape index (κ3) is 6.41. The normalized spacial score (nSPS) is 12.0. The van der Waals surface area contributed by atoms with E-state index in [9.17, 15) is 13.2 Å². The molecule has 0 aromatic carbocycles. The molecule has 2 aromatic heterocycles. The van der Waals surface area contributed by atoms with Gasteiger partial charge in [0.2, 0.25) is 0 Å². The van der Waals surface area contributed by atoms with Gasteiger partial charge in [-0.05, 0) is 26.7 Å². The molecule has 11 heteroatoms. The fourth-order valence-corrected chi connectivity index (χ4v) is 2.97. The van der Waals surface area contributed by atoms with Crippen molar-refractivity contribution in [3.8, 4) is 0 Å². The van der Waals surface area contributed by atoms with E-state index >= 15 is 0 Å². The van der Waals surface area contributed by atoms with Crippen molar-refractivity contribution in [3.05, 3.63) is 33.1 Å². The highest BCUT2D eigenvalue weighted by atomic mass is 127. The molecule has 0 bridgehead atoms. The second kappa shape index (κ2) is 10.1. The second-order valence-corrected chi connectivity index (χ2v) is 6.33. The molecule has 2 heterocycles. The Hall–Kier alpha value is -1.37. The molecule has 0 spiro atoms. The highest BCUT2D eigenvalue weighted by molar-refractivity contribution is 14.0. The minimum Gasteiger partial charge on any atom is -0.361 e. The lowest BCUT2D eigenvalue weighted by Gasteiger charge is -2.10. The predicted octanol–water partition coefficient (Wildman–Crippen LogP) is 3.68. The van der Waals surface area contributed by atoms with Gasteiger partial charge in [0.15, 0.2) is 11.7 Å². The Kier molecular flexibility index (Phi) is 8.80. The van der Waals surface area contributed by atoms with Gasteiger partial charge < -0.3 is 15.2 Å². The van der Waals surface area contributed by atoms with Crippen LogP contribution >= 0.6 is 35.3 Å². The molecular formula is C15H21F3IN5OS. The van der Waals surface area contributed by atoms with Crippen LogP contribution in [0.1, 0.15) is 34.1 Å². The molecule has 0 amide bonds. The van der Waals surface area contributed by atoms with Crippen LogP contribution in [-0.4, -0.2) is 29.7 Å². The molecule has 2 aromatic rings. The van der Waals surface area contributed by atoms with Crippen molar-refractivity contribution in [2.24, 2.45) is 4.99 Å². The van der Waals surface area contributed by atoms with E-state index in [0.717, 1.165) is 46.6 Å². The second-order valence-electron chi connectivity index (χ2n) is 5.38. The van der Waals surface area contributed by atoms with Gasteiger partial charge in [0, 0.05) is 24.5 Å². The average Bonchev–Trinajstić information content (AvgIpc) is 3.15. The van der Waals surface area contributed by atoms with E-state index in [1.54, 1.807) is 7.05 Å². The predicted molar refractivity (Wildman–Crippen MR) is 105 cm³/mol. The van der Waals surface area contributed by atoms with Gasteiger partial charge in [0.05, 0.1) is 12.2 Å². The summed E-state index contributed by atoms with van der Waals surface area (Å²) < 4.78 is 42.7. The molecular weight excluding hydrogens is 482 g/mol. The van der Waals surface area contributed by atoms with E-state index in [1.165, 1.54) is 0 Å². The van der Waals surface area contributed by atoms with Crippen molar-refractivity contribution in [1.82, 2.24) is 20.8 Å². The van der Waals surface area contributed by atoms with Crippen molar-refractivity contribution in [3.63, 3.8) is 0 Å². The first-order valence-electron chi connectivity index (χ1n) is 7.69. The smallest absolute Gasteiger partial charge is 0.361 e. The SMILES string of the molecule is CN=C(NCCCc1c(C)noc1C)NCc1nc(C(F)(F)F)cs1.I. The van der Waals surface area contributed by atoms with Crippen LogP contribution in [0.5, 0.6) is 0 Å². The fraction of sp³-hybridized carbons (Fsp3) is 0.533. The van der Waals surface area contributed by atoms with Crippen LogP contribution in [0.3, 0.4) is 0 Å². The van der Waals surface area contributed by atoms with E-state index in [4.69, 9.17) is 4.52 Å². The van der Waals surface area contributed by atoms with Gasteiger partial charge in [-0.25, -0.2) is 4.98 Å². The van der Waals surface area contributed by atoms with Crippen LogP contribution < -0.4 is 10.6 Å². The molecule has 0 saturated heterocycles. The first-order valence-corrected chi connectivity index (χ1v) is 8.57. The first-order chi connectivity index (χ1) is 11.8. The first kappa shape index (κ1) is 22.7. The number of rotatable bonds is 6.